The van der Waals surface area contributed by atoms with Gasteiger partial charge in [0.15, 0.2) is 17.5 Å². The molecule has 9 N–H and O–H groups in total. The number of hydrogen-bond donors (Lipinski definition) is 6. The third-order valence-corrected chi connectivity index (χ3v) is 21.8. The Balaban J connectivity index is 0.000000204. The van der Waals surface area contributed by atoms with Crippen molar-refractivity contribution in [3.05, 3.63) is 36.5 Å². The van der Waals surface area contributed by atoms with Gasteiger partial charge in [0.05, 0.1) is 68.5 Å². The molecular formula is C70H111Br5ClN19O14. The van der Waals surface area contributed by atoms with Gasteiger partial charge in [-0.25, -0.2) is 9.59 Å². The maximum Gasteiger partial charge on any atom is 0.410 e. The molecule has 10 atom stereocenters. The smallest absolute Gasteiger partial charge is 0.410 e. The molecule has 109 heavy (non-hydrogen) atoms. The molecule has 0 radical (unpaired) electrons. The molecule has 33 nitrogen and oxygen atoms in total. The highest BCUT2D eigenvalue weighted by atomic mass is 79.9. The van der Waals surface area contributed by atoms with Crippen molar-refractivity contribution in [2.75, 3.05) is 150 Å². The van der Waals surface area contributed by atoms with Crippen molar-refractivity contribution in [3.8, 4) is 0 Å². The Labute approximate surface area is 687 Å². The van der Waals surface area contributed by atoms with Crippen LogP contribution in [-0.2, 0) is 52.4 Å². The second kappa shape index (κ2) is 44.3. The third-order valence-electron chi connectivity index (χ3n) is 19.5. The summed E-state index contributed by atoms with van der Waals surface area (Å²) in [7, 11) is 0. The monoisotopic (exact) mass is 1870 g/mol. The number of anilines is 5. The molecule has 39 heteroatoms. The van der Waals surface area contributed by atoms with E-state index >= 15 is 0 Å². The Morgan fingerprint density at radius 1 is 0.450 bits per heavy atom. The zero-order chi connectivity index (χ0) is 79.2. The van der Waals surface area contributed by atoms with Crippen molar-refractivity contribution in [3.63, 3.8) is 0 Å². The van der Waals surface area contributed by atoms with E-state index in [4.69, 9.17) is 46.0 Å². The number of esters is 4. The van der Waals surface area contributed by atoms with Gasteiger partial charge >= 0.3 is 42.0 Å². The van der Waals surface area contributed by atoms with Crippen molar-refractivity contribution in [2.45, 2.75) is 205 Å². The highest BCUT2D eigenvalue weighted by Gasteiger charge is 2.46. The topological polar surface area (TPSA) is 400 Å². The van der Waals surface area contributed by atoms with Crippen LogP contribution in [0.1, 0.15) is 133 Å². The minimum absolute atomic E-state index is 0. The lowest BCUT2D eigenvalue weighted by Crippen LogP contribution is -2.57. The lowest BCUT2D eigenvalue weighted by atomic mass is 10.1. The number of aliphatic carboxylic acids is 1. The van der Waals surface area contributed by atoms with E-state index < -0.39 is 11.6 Å². The molecule has 0 saturated carbocycles. The molecule has 10 unspecified atom stereocenters. The van der Waals surface area contributed by atoms with Crippen LogP contribution in [0.4, 0.5) is 38.4 Å². The van der Waals surface area contributed by atoms with E-state index in [0.717, 1.165) is 107 Å². The number of carboxylic acid groups (broad SMARTS) is 1. The molecule has 10 fully saturated rings. The number of ether oxygens (including phenoxy) is 6. The van der Waals surface area contributed by atoms with Crippen molar-refractivity contribution < 1.29 is 67.1 Å². The number of hydrogen-bond acceptors (Lipinski definition) is 30. The van der Waals surface area contributed by atoms with E-state index in [2.05, 4.69) is 155 Å². The fourth-order valence-corrected chi connectivity index (χ4v) is 16.7. The van der Waals surface area contributed by atoms with Crippen LogP contribution in [0.25, 0.3) is 0 Å². The van der Waals surface area contributed by atoms with E-state index in [1.54, 1.807) is 17.9 Å². The van der Waals surface area contributed by atoms with Crippen molar-refractivity contribution in [2.24, 2.45) is 0 Å². The molecular weight excluding hydrogens is 1770 g/mol. The first kappa shape index (κ1) is 92.4. The molecule has 0 aliphatic carbocycles. The highest BCUT2D eigenvalue weighted by molar-refractivity contribution is 9.11. The van der Waals surface area contributed by atoms with Gasteiger partial charge in [-0.3, -0.25) is 43.6 Å². The fourth-order valence-electron chi connectivity index (χ4n) is 15.0. The molecule has 3 aromatic heterocycles. The van der Waals surface area contributed by atoms with Gasteiger partial charge in [0.2, 0.25) is 0 Å². The van der Waals surface area contributed by atoms with Crippen molar-refractivity contribution in [1.82, 2.24) is 70.6 Å². The number of nitrogens with two attached hydrogens (primary N) is 3. The van der Waals surface area contributed by atoms with Gasteiger partial charge in [-0.2, -0.15) is 0 Å². The number of nitrogens with one attached hydrogen (secondary N) is 2. The predicted molar refractivity (Wildman–Crippen MR) is 432 cm³/mol. The minimum Gasteiger partial charge on any atom is -0.480 e. The van der Waals surface area contributed by atoms with Gasteiger partial charge in [0, 0.05) is 126 Å². The SMILES string of the molecule is CC(C)(C)OC(=O)N1CC2CCC(C1)N2.CCOC(=O)CBr.CCOC(=O)CN1C2CCC1CN(C(=O)OC(C)(C)C)C2.CCOC(=O)CN1C2CCC1CN(c1cc(Br)nnc1N)C2.CCOC(=O)CN1C2CCC1CNC2.Cl.Nc1nnc(Br)cc1Br.Nc1nnc(Br)cc1N1CC2CCC(C1)N2CC(=O)O. The summed E-state index contributed by atoms with van der Waals surface area (Å²) in [6.45, 7) is 29.9. The number of aromatic nitrogens is 6. The molecule has 0 spiro atoms. The second-order valence-corrected chi connectivity index (χ2v) is 33.5. The summed E-state index contributed by atoms with van der Waals surface area (Å²) < 4.78 is 33.1. The number of rotatable bonds is 15. The molecule has 13 rings (SSSR count). The highest BCUT2D eigenvalue weighted by Crippen LogP contribution is 2.37. The molecule has 10 aliphatic rings. The van der Waals surface area contributed by atoms with Crippen LogP contribution in [0.3, 0.4) is 0 Å². The summed E-state index contributed by atoms with van der Waals surface area (Å²) >= 11 is 15.9. The first-order valence-corrected chi connectivity index (χ1v) is 41.3. The number of amides is 2. The Bertz CT molecular complexity index is 3400. The number of piperazine rings is 5. The third kappa shape index (κ3) is 29.2. The normalized spacial score (nSPS) is 24.3. The van der Waals surface area contributed by atoms with E-state index in [1.807, 2.05) is 79.3 Å². The minimum atomic E-state index is -0.761. The Hall–Kier alpha value is -5.42. The standard InChI is InChI=1S/C15H26N2O4.C14H20BrN5O2.C12H16BrN5O2.C11H20N2O2.C10H18N2O2.C4H3Br2N3.C4H7BrO2.ClH/c1-5-20-13(18)10-17-11-6-7-12(17)9-16(8-11)14(19)21-15(2,3)4;1-2-22-13(21)8-20-9-3-4-10(20)7-19(6-9)11-5-12(15)17-18-14(11)16;13-10-3-9(12(14)16-15-10)17-4-7-1-2-8(5-17)18(7)6-11(19)20;1-11(2,3)15-10(14)13-6-8-4-5-9(7-13)12-8;1-2-14-10(13)7-12-8-3-4-9(12)6-11-5-8;5-2-1-3(6)8-9-4(2)7;1-2-7-4(6)3-5;/h11-12H,5-10H2,1-4H3;5,9-10H,2-4,6-8H2,1H3,(H2,16,18);3,7-8H,1-2,4-6H2,(H2,14,16)(H,19,20);8-9,12H,4-7H2,1-3H3;8-9,11H,2-7H2,1H3;1H,(H2,7,9);2-3H2,1H3;1H. The number of fused-ring (bicyclic) bond motifs is 10. The predicted octanol–water partition coefficient (Wildman–Crippen LogP) is 7.52. The average molecular weight is 1880 g/mol. The first-order chi connectivity index (χ1) is 51.2. The molecule has 612 valence electrons. The van der Waals surface area contributed by atoms with Gasteiger partial charge in [0.25, 0.3) is 0 Å². The van der Waals surface area contributed by atoms with Gasteiger partial charge in [-0.1, -0.05) is 15.9 Å². The zero-order valence-electron chi connectivity index (χ0n) is 64.1. The molecule has 10 bridgehead atoms. The van der Waals surface area contributed by atoms with Crippen LogP contribution in [-0.4, -0.2) is 302 Å². The molecule has 10 saturated heterocycles. The molecule has 10 aliphatic heterocycles. The number of carbonyl (C=O) groups is 7. The van der Waals surface area contributed by atoms with Crippen molar-refractivity contribution >= 4 is 163 Å². The van der Waals surface area contributed by atoms with Crippen LogP contribution < -0.4 is 37.6 Å². The van der Waals surface area contributed by atoms with E-state index in [-0.39, 0.29) is 84.8 Å². The van der Waals surface area contributed by atoms with Crippen LogP contribution >= 0.6 is 92.1 Å². The summed E-state index contributed by atoms with van der Waals surface area (Å²) in [5.74, 6) is -0.100. The number of nitrogen functional groups attached to an aromatic ring is 3. The summed E-state index contributed by atoms with van der Waals surface area (Å²) in [4.78, 5) is 96.7. The van der Waals surface area contributed by atoms with Crippen LogP contribution in [0.2, 0.25) is 0 Å². The largest absolute Gasteiger partial charge is 0.480 e. The number of alkyl halides is 1. The summed E-state index contributed by atoms with van der Waals surface area (Å²) in [5, 5.41) is 39.1. The summed E-state index contributed by atoms with van der Waals surface area (Å²) in [6, 6.07) is 9.32. The quantitative estimate of drug-likeness (QED) is 0.0486. The van der Waals surface area contributed by atoms with E-state index in [9.17, 15) is 33.6 Å². The van der Waals surface area contributed by atoms with Crippen molar-refractivity contribution in [1.29, 1.82) is 0 Å². The molecule has 13 heterocycles. The van der Waals surface area contributed by atoms with Gasteiger partial charge in [-0.05, 0) is 215 Å². The number of halogens is 6. The number of nitrogens with zero attached hydrogens (tertiary/aromatic N) is 14. The fraction of sp³-hybridized carbons (Fsp3) is 0.729. The summed E-state index contributed by atoms with van der Waals surface area (Å²) in [5.41, 5.74) is 18.1. The zero-order valence-corrected chi connectivity index (χ0v) is 72.8. The van der Waals surface area contributed by atoms with Crippen LogP contribution in [0.5, 0.6) is 0 Å². The number of carboxylic acids is 1. The number of likely N-dealkylation sites (tertiary alicyclic amines) is 2. The van der Waals surface area contributed by atoms with Gasteiger partial charge in [-0.15, -0.1) is 43.0 Å². The lowest BCUT2D eigenvalue weighted by molar-refractivity contribution is -0.146. The lowest BCUT2D eigenvalue weighted by Gasteiger charge is -2.41. The first-order valence-electron chi connectivity index (χ1n) is 37.1. The van der Waals surface area contributed by atoms with Gasteiger partial charge < -0.3 is 81.0 Å². The van der Waals surface area contributed by atoms with Crippen LogP contribution in [0, 0.1) is 0 Å². The molecule has 2 amide bonds. The molecule has 0 aromatic carbocycles. The molecule has 3 aromatic rings. The van der Waals surface area contributed by atoms with Crippen LogP contribution in [0.15, 0.2) is 36.5 Å². The van der Waals surface area contributed by atoms with Gasteiger partial charge in [0.1, 0.15) is 30.3 Å². The maximum absolute atomic E-state index is 12.2. The average Bonchev–Trinajstić information content (AvgIpc) is 1.69. The van der Waals surface area contributed by atoms with E-state index in [1.165, 1.54) is 25.7 Å². The summed E-state index contributed by atoms with van der Waals surface area (Å²) in [6.07, 6.45) is 10.7. The Morgan fingerprint density at radius 3 is 1.08 bits per heavy atom. The Kier molecular flexibility index (Phi) is 37.6. The van der Waals surface area contributed by atoms with E-state index in [0.29, 0.717) is 132 Å². The Morgan fingerprint density at radius 2 is 0.761 bits per heavy atom. The number of carbonyl (C=O) groups excluding carboxylic acids is 6. The maximum atomic E-state index is 12.2. The second-order valence-electron chi connectivity index (χ2n) is 29.6.